The molecule has 5 rings (SSSR count). The van der Waals surface area contributed by atoms with Crippen LogP contribution in [0, 0.1) is 11.3 Å². The summed E-state index contributed by atoms with van der Waals surface area (Å²) in [5.74, 6) is -4.39. The number of alkyl halides is 2. The van der Waals surface area contributed by atoms with Crippen LogP contribution in [0.4, 0.5) is 8.78 Å². The number of aromatic nitrogens is 2. The van der Waals surface area contributed by atoms with E-state index >= 15 is 0 Å². The molecule has 2 aromatic carbocycles. The van der Waals surface area contributed by atoms with Gasteiger partial charge in [-0.2, -0.15) is 5.26 Å². The number of likely N-dealkylation sites (tertiary alicyclic amines) is 1. The second-order valence-electron chi connectivity index (χ2n) is 8.83. The first-order chi connectivity index (χ1) is 17.8. The molecule has 1 aliphatic rings. The van der Waals surface area contributed by atoms with Crippen molar-refractivity contribution in [3.05, 3.63) is 83.7 Å². The van der Waals surface area contributed by atoms with Crippen molar-refractivity contribution in [2.75, 3.05) is 13.1 Å². The van der Waals surface area contributed by atoms with E-state index in [1.165, 1.54) is 12.3 Å². The van der Waals surface area contributed by atoms with Crippen molar-refractivity contribution in [2.45, 2.75) is 18.4 Å². The smallest absolute Gasteiger partial charge is 0.268 e. The standard InChI is InChI=1S/C28H21F2N5O2/c29-28(30)14-21(15-31)35(17-28)26(36)16-34-27(37)22-9-11-33-25-8-6-19(13-23(22)25)4-3-18-5-7-24-20(12-18)2-1-10-32-24/h1-13,21H,14,16-17H2,(H,34,37)/b4-3+/t21-/m0/s1. The number of hydrogen-bond acceptors (Lipinski definition) is 5. The van der Waals surface area contributed by atoms with Crippen LogP contribution in [0.5, 0.6) is 0 Å². The fourth-order valence-corrected chi connectivity index (χ4v) is 4.40. The molecule has 0 bridgehead atoms. The molecule has 0 unspecified atom stereocenters. The highest BCUT2D eigenvalue weighted by molar-refractivity contribution is 6.07. The van der Waals surface area contributed by atoms with Gasteiger partial charge in [-0.15, -0.1) is 0 Å². The van der Waals surface area contributed by atoms with E-state index < -0.39 is 43.3 Å². The number of carbonyl (C=O) groups excluding carboxylic acids is 2. The number of amides is 2. The Bertz CT molecular complexity index is 1590. The van der Waals surface area contributed by atoms with Crippen molar-refractivity contribution in [2.24, 2.45) is 0 Å². The van der Waals surface area contributed by atoms with Crippen molar-refractivity contribution >= 4 is 45.8 Å². The summed E-state index contributed by atoms with van der Waals surface area (Å²) >= 11 is 0. The Morgan fingerprint density at radius 2 is 1.78 bits per heavy atom. The summed E-state index contributed by atoms with van der Waals surface area (Å²) < 4.78 is 27.3. The average Bonchev–Trinajstić information content (AvgIpc) is 3.24. The number of nitriles is 1. The lowest BCUT2D eigenvalue weighted by atomic mass is 10.0. The molecular formula is C28H21F2N5O2. The van der Waals surface area contributed by atoms with Crippen LogP contribution in [0.1, 0.15) is 27.9 Å². The van der Waals surface area contributed by atoms with Gasteiger partial charge in [-0.1, -0.05) is 30.4 Å². The molecule has 0 saturated carbocycles. The number of benzene rings is 2. The predicted molar refractivity (Wildman–Crippen MR) is 135 cm³/mol. The zero-order valence-electron chi connectivity index (χ0n) is 19.6. The van der Waals surface area contributed by atoms with Crippen molar-refractivity contribution in [3.63, 3.8) is 0 Å². The molecule has 2 amide bonds. The fraction of sp³-hybridized carbons (Fsp3) is 0.179. The van der Waals surface area contributed by atoms with Crippen LogP contribution in [0.25, 0.3) is 34.0 Å². The van der Waals surface area contributed by atoms with E-state index in [2.05, 4.69) is 15.3 Å². The minimum Gasteiger partial charge on any atom is -0.343 e. The van der Waals surface area contributed by atoms with Crippen LogP contribution < -0.4 is 5.32 Å². The van der Waals surface area contributed by atoms with Gasteiger partial charge < -0.3 is 10.2 Å². The Labute approximate surface area is 211 Å². The third-order valence-electron chi connectivity index (χ3n) is 6.24. The van der Waals surface area contributed by atoms with E-state index in [0.717, 1.165) is 26.9 Å². The molecule has 0 spiro atoms. The van der Waals surface area contributed by atoms with Gasteiger partial charge in [-0.25, -0.2) is 8.78 Å². The lowest BCUT2D eigenvalue weighted by Crippen LogP contribution is -2.43. The summed E-state index contributed by atoms with van der Waals surface area (Å²) in [6, 6.07) is 17.4. The predicted octanol–water partition coefficient (Wildman–Crippen LogP) is 4.44. The summed E-state index contributed by atoms with van der Waals surface area (Å²) in [5, 5.41) is 13.2. The number of halogens is 2. The minimum atomic E-state index is -3.12. The molecule has 1 atom stereocenters. The maximum Gasteiger partial charge on any atom is 0.268 e. The molecule has 1 aliphatic heterocycles. The van der Waals surface area contributed by atoms with Gasteiger partial charge >= 0.3 is 0 Å². The molecule has 7 nitrogen and oxygen atoms in total. The first-order valence-corrected chi connectivity index (χ1v) is 11.6. The second-order valence-corrected chi connectivity index (χ2v) is 8.83. The highest BCUT2D eigenvalue weighted by Crippen LogP contribution is 2.31. The molecule has 3 heterocycles. The quantitative estimate of drug-likeness (QED) is 0.411. The Hall–Kier alpha value is -4.71. The average molecular weight is 498 g/mol. The van der Waals surface area contributed by atoms with E-state index in [9.17, 15) is 18.4 Å². The molecule has 4 aromatic rings. The molecule has 1 N–H and O–H groups in total. The number of fused-ring (bicyclic) bond motifs is 2. The van der Waals surface area contributed by atoms with E-state index in [4.69, 9.17) is 5.26 Å². The lowest BCUT2D eigenvalue weighted by Gasteiger charge is -2.19. The first-order valence-electron chi connectivity index (χ1n) is 11.6. The van der Waals surface area contributed by atoms with Crippen LogP contribution in [0.3, 0.4) is 0 Å². The van der Waals surface area contributed by atoms with Crippen LogP contribution >= 0.6 is 0 Å². The van der Waals surface area contributed by atoms with Gasteiger partial charge in [0.1, 0.15) is 6.04 Å². The van der Waals surface area contributed by atoms with Crippen molar-refractivity contribution in [3.8, 4) is 6.07 Å². The Kier molecular flexibility index (Phi) is 6.32. The Morgan fingerprint density at radius 3 is 2.57 bits per heavy atom. The van der Waals surface area contributed by atoms with Crippen LogP contribution in [-0.2, 0) is 4.79 Å². The highest BCUT2D eigenvalue weighted by Gasteiger charge is 2.47. The van der Waals surface area contributed by atoms with E-state index in [1.807, 2.05) is 54.6 Å². The monoisotopic (exact) mass is 497 g/mol. The zero-order chi connectivity index (χ0) is 26.0. The first kappa shape index (κ1) is 24.0. The van der Waals surface area contributed by atoms with Crippen molar-refractivity contribution < 1.29 is 18.4 Å². The number of carbonyl (C=O) groups is 2. The van der Waals surface area contributed by atoms with Crippen LogP contribution in [-0.4, -0.2) is 51.7 Å². The normalized spacial score (nSPS) is 16.8. The SMILES string of the molecule is N#C[C@@H]1CC(F)(F)CN1C(=O)CNC(=O)c1ccnc2ccc(/C=C/c3ccc4ncccc4c3)cc12. The summed E-state index contributed by atoms with van der Waals surface area (Å²) in [6.45, 7) is -1.32. The van der Waals surface area contributed by atoms with E-state index in [-0.39, 0.29) is 0 Å². The highest BCUT2D eigenvalue weighted by atomic mass is 19.3. The Morgan fingerprint density at radius 1 is 1.05 bits per heavy atom. The third kappa shape index (κ3) is 5.14. The number of rotatable bonds is 5. The summed E-state index contributed by atoms with van der Waals surface area (Å²) in [7, 11) is 0. The molecular weight excluding hydrogens is 476 g/mol. The van der Waals surface area contributed by atoms with Gasteiger partial charge in [0.15, 0.2) is 0 Å². The van der Waals surface area contributed by atoms with E-state index in [1.54, 1.807) is 18.3 Å². The lowest BCUT2D eigenvalue weighted by molar-refractivity contribution is -0.131. The van der Waals surface area contributed by atoms with Gasteiger partial charge in [0.25, 0.3) is 11.8 Å². The van der Waals surface area contributed by atoms with Gasteiger partial charge in [-0.3, -0.25) is 19.6 Å². The van der Waals surface area contributed by atoms with Gasteiger partial charge in [0.2, 0.25) is 5.91 Å². The maximum atomic E-state index is 13.7. The molecule has 0 radical (unpaired) electrons. The van der Waals surface area contributed by atoms with Gasteiger partial charge in [-0.05, 0) is 47.5 Å². The number of nitrogens with one attached hydrogen (secondary N) is 1. The van der Waals surface area contributed by atoms with E-state index in [0.29, 0.717) is 16.5 Å². The molecule has 9 heteroatoms. The van der Waals surface area contributed by atoms with Crippen LogP contribution in [0.2, 0.25) is 0 Å². The van der Waals surface area contributed by atoms with Crippen molar-refractivity contribution in [1.82, 2.24) is 20.2 Å². The van der Waals surface area contributed by atoms with Gasteiger partial charge in [0, 0.05) is 29.6 Å². The fourth-order valence-electron chi connectivity index (χ4n) is 4.40. The molecule has 1 saturated heterocycles. The zero-order valence-corrected chi connectivity index (χ0v) is 19.6. The van der Waals surface area contributed by atoms with Crippen LogP contribution in [0.15, 0.2) is 67.0 Å². The molecule has 1 fully saturated rings. The number of hydrogen-bond donors (Lipinski definition) is 1. The maximum absolute atomic E-state index is 13.7. The third-order valence-corrected chi connectivity index (χ3v) is 6.24. The van der Waals surface area contributed by atoms with Crippen molar-refractivity contribution in [1.29, 1.82) is 5.26 Å². The molecule has 2 aromatic heterocycles. The molecule has 0 aliphatic carbocycles. The Balaban J connectivity index is 1.33. The largest absolute Gasteiger partial charge is 0.343 e. The topological polar surface area (TPSA) is 99.0 Å². The minimum absolute atomic E-state index is 0.299. The number of nitrogens with zero attached hydrogens (tertiary/aromatic N) is 4. The molecule has 184 valence electrons. The van der Waals surface area contributed by atoms with Gasteiger partial charge in [0.05, 0.1) is 35.8 Å². The molecule has 37 heavy (non-hydrogen) atoms. The summed E-state index contributed by atoms with van der Waals surface area (Å²) in [4.78, 5) is 34.8. The summed E-state index contributed by atoms with van der Waals surface area (Å²) in [6.07, 6.45) is 6.41. The second kappa shape index (κ2) is 9.74. The summed E-state index contributed by atoms with van der Waals surface area (Å²) in [5.41, 5.74) is 3.64. The number of pyridine rings is 2.